The van der Waals surface area contributed by atoms with Crippen LogP contribution in [0.3, 0.4) is 0 Å². The van der Waals surface area contributed by atoms with Crippen LogP contribution < -0.4 is 5.73 Å². The zero-order chi connectivity index (χ0) is 13.2. The molecule has 1 aliphatic rings. The van der Waals surface area contributed by atoms with Crippen LogP contribution in [0.1, 0.15) is 43.8 Å². The molecule has 1 fully saturated rings. The maximum Gasteiger partial charge on any atom is 0.159 e. The Morgan fingerprint density at radius 1 is 1.21 bits per heavy atom. The molecule has 1 saturated carbocycles. The van der Waals surface area contributed by atoms with Gasteiger partial charge in [-0.05, 0) is 57.4 Å². The second kappa shape index (κ2) is 5.28. The first-order valence-corrected chi connectivity index (χ1v) is 7.38. The Kier molecular flexibility index (Phi) is 3.50. The largest absolute Gasteiger partial charge is 0.399 e. The van der Waals surface area contributed by atoms with Crippen molar-refractivity contribution >= 4 is 21.6 Å². The van der Waals surface area contributed by atoms with Crippen LogP contribution in [0.4, 0.5) is 5.69 Å². The average Bonchev–Trinajstić information content (AvgIpc) is 2.91. The molecule has 100 valence electrons. The number of nitrogens with two attached hydrogens (primary N) is 1. The van der Waals surface area contributed by atoms with E-state index >= 15 is 0 Å². The molecule has 2 N–H and O–H groups in total. The van der Waals surface area contributed by atoms with Gasteiger partial charge in [-0.2, -0.15) is 4.68 Å². The first-order chi connectivity index (χ1) is 9.25. The summed E-state index contributed by atoms with van der Waals surface area (Å²) >= 11 is 3.54. The van der Waals surface area contributed by atoms with Gasteiger partial charge in [0.2, 0.25) is 0 Å². The molecule has 0 atom stereocenters. The number of halogens is 1. The first-order valence-electron chi connectivity index (χ1n) is 6.59. The summed E-state index contributed by atoms with van der Waals surface area (Å²) in [5.74, 6) is 1.41. The molecule has 6 heteroatoms. The summed E-state index contributed by atoms with van der Waals surface area (Å²) in [4.78, 5) is 0. The quantitative estimate of drug-likeness (QED) is 0.863. The number of rotatable bonds is 2. The van der Waals surface area contributed by atoms with E-state index in [1.54, 1.807) is 0 Å². The Hall–Kier alpha value is -1.43. The highest BCUT2D eigenvalue weighted by atomic mass is 79.9. The first kappa shape index (κ1) is 12.6. The predicted octanol–water partition coefficient (Wildman–Crippen LogP) is 3.05. The maximum atomic E-state index is 5.86. The van der Waals surface area contributed by atoms with E-state index in [4.69, 9.17) is 5.73 Å². The fourth-order valence-corrected chi connectivity index (χ4v) is 3.09. The smallest absolute Gasteiger partial charge is 0.159 e. The van der Waals surface area contributed by atoms with Crippen LogP contribution in [0.5, 0.6) is 0 Å². The molecule has 3 rings (SSSR count). The number of nitrogens with zero attached hydrogens (tertiary/aromatic N) is 4. The van der Waals surface area contributed by atoms with Gasteiger partial charge >= 0.3 is 0 Å². The Labute approximate surface area is 120 Å². The Morgan fingerprint density at radius 2 is 2.00 bits per heavy atom. The minimum Gasteiger partial charge on any atom is -0.399 e. The SMILES string of the molecule is Nc1ccc(Br)c(-n2nnnc2C2CCCCC2)c1. The minimum atomic E-state index is 0.456. The van der Waals surface area contributed by atoms with Gasteiger partial charge in [0.05, 0.1) is 5.69 Å². The number of aromatic nitrogens is 4. The topological polar surface area (TPSA) is 69.6 Å². The van der Waals surface area contributed by atoms with Crippen LogP contribution in [-0.4, -0.2) is 20.2 Å². The lowest BCUT2D eigenvalue weighted by Crippen LogP contribution is -2.12. The summed E-state index contributed by atoms with van der Waals surface area (Å²) in [6.45, 7) is 0. The fraction of sp³-hybridized carbons (Fsp3) is 0.462. The third kappa shape index (κ3) is 2.49. The van der Waals surface area contributed by atoms with Crippen molar-refractivity contribution in [3.8, 4) is 5.69 Å². The monoisotopic (exact) mass is 321 g/mol. The molecule has 0 amide bonds. The molecule has 0 saturated heterocycles. The van der Waals surface area contributed by atoms with E-state index in [-0.39, 0.29) is 0 Å². The van der Waals surface area contributed by atoms with Crippen molar-refractivity contribution in [2.45, 2.75) is 38.0 Å². The third-order valence-corrected chi connectivity index (χ3v) is 4.33. The molecule has 5 nitrogen and oxygen atoms in total. The molecule has 0 radical (unpaired) electrons. The highest BCUT2D eigenvalue weighted by molar-refractivity contribution is 9.10. The van der Waals surface area contributed by atoms with Crippen LogP contribution >= 0.6 is 15.9 Å². The molecule has 0 bridgehead atoms. The highest BCUT2D eigenvalue weighted by Gasteiger charge is 2.23. The van der Waals surface area contributed by atoms with Crippen molar-refractivity contribution in [3.63, 3.8) is 0 Å². The number of anilines is 1. The molecule has 0 spiro atoms. The van der Waals surface area contributed by atoms with E-state index in [0.29, 0.717) is 11.6 Å². The predicted molar refractivity (Wildman–Crippen MR) is 77.1 cm³/mol. The zero-order valence-electron chi connectivity index (χ0n) is 10.6. The molecule has 0 unspecified atom stereocenters. The molecule has 0 aliphatic heterocycles. The van der Waals surface area contributed by atoms with E-state index < -0.39 is 0 Å². The number of tetrazole rings is 1. The van der Waals surface area contributed by atoms with Gasteiger partial charge in [0.25, 0.3) is 0 Å². The number of nitrogen functional groups attached to an aromatic ring is 1. The van der Waals surface area contributed by atoms with Crippen LogP contribution in [0.15, 0.2) is 22.7 Å². The van der Waals surface area contributed by atoms with Gasteiger partial charge in [0.1, 0.15) is 0 Å². The highest BCUT2D eigenvalue weighted by Crippen LogP contribution is 2.33. The molecule has 1 heterocycles. The van der Waals surface area contributed by atoms with Crippen molar-refractivity contribution in [2.24, 2.45) is 0 Å². The number of hydrogen-bond acceptors (Lipinski definition) is 4. The molecule has 1 aromatic heterocycles. The fourth-order valence-electron chi connectivity index (χ4n) is 2.67. The average molecular weight is 322 g/mol. The van der Waals surface area contributed by atoms with Crippen LogP contribution in [0.25, 0.3) is 5.69 Å². The molecule has 2 aromatic rings. The van der Waals surface area contributed by atoms with Crippen LogP contribution in [0, 0.1) is 0 Å². The van der Waals surface area contributed by atoms with Crippen molar-refractivity contribution in [1.29, 1.82) is 0 Å². The minimum absolute atomic E-state index is 0.456. The zero-order valence-corrected chi connectivity index (χ0v) is 12.2. The van der Waals surface area contributed by atoms with E-state index in [0.717, 1.165) is 16.0 Å². The Balaban J connectivity index is 2.01. The standard InChI is InChI=1S/C13H16BrN5/c14-11-7-6-10(15)8-12(11)19-13(16-17-18-19)9-4-2-1-3-5-9/h6-9H,1-5,15H2. The molecule has 19 heavy (non-hydrogen) atoms. The van der Waals surface area contributed by atoms with Gasteiger partial charge < -0.3 is 5.73 Å². The molecular weight excluding hydrogens is 306 g/mol. The summed E-state index contributed by atoms with van der Waals surface area (Å²) in [6, 6.07) is 5.68. The van der Waals surface area contributed by atoms with Gasteiger partial charge in [0.15, 0.2) is 5.82 Å². The maximum absolute atomic E-state index is 5.86. The molecule has 1 aromatic carbocycles. The lowest BCUT2D eigenvalue weighted by atomic mass is 9.89. The molecular formula is C13H16BrN5. The van der Waals surface area contributed by atoms with E-state index in [1.165, 1.54) is 32.1 Å². The Morgan fingerprint density at radius 3 is 2.79 bits per heavy atom. The van der Waals surface area contributed by atoms with Crippen molar-refractivity contribution in [3.05, 3.63) is 28.5 Å². The number of benzene rings is 1. The van der Waals surface area contributed by atoms with Crippen molar-refractivity contribution in [2.75, 3.05) is 5.73 Å². The normalized spacial score (nSPS) is 16.7. The lowest BCUT2D eigenvalue weighted by molar-refractivity contribution is 0.422. The summed E-state index contributed by atoms with van der Waals surface area (Å²) < 4.78 is 2.77. The summed E-state index contributed by atoms with van der Waals surface area (Å²) in [5.41, 5.74) is 7.48. The lowest BCUT2D eigenvalue weighted by Gasteiger charge is -2.20. The van der Waals surface area contributed by atoms with Crippen LogP contribution in [0.2, 0.25) is 0 Å². The summed E-state index contributed by atoms with van der Waals surface area (Å²) in [5, 5.41) is 12.2. The second-order valence-electron chi connectivity index (χ2n) is 4.99. The van der Waals surface area contributed by atoms with Gasteiger partial charge in [-0.15, -0.1) is 5.10 Å². The summed E-state index contributed by atoms with van der Waals surface area (Å²) in [6.07, 6.45) is 6.17. The summed E-state index contributed by atoms with van der Waals surface area (Å²) in [7, 11) is 0. The Bertz CT molecular complexity index is 574. The van der Waals surface area contributed by atoms with E-state index in [9.17, 15) is 0 Å². The second-order valence-corrected chi connectivity index (χ2v) is 5.85. The number of hydrogen-bond donors (Lipinski definition) is 1. The van der Waals surface area contributed by atoms with Gasteiger partial charge in [-0.1, -0.05) is 19.3 Å². The van der Waals surface area contributed by atoms with Gasteiger partial charge in [0, 0.05) is 16.1 Å². The van der Waals surface area contributed by atoms with E-state index in [2.05, 4.69) is 31.5 Å². The van der Waals surface area contributed by atoms with E-state index in [1.807, 2.05) is 22.9 Å². The third-order valence-electron chi connectivity index (χ3n) is 3.66. The van der Waals surface area contributed by atoms with Crippen molar-refractivity contribution in [1.82, 2.24) is 20.2 Å². The van der Waals surface area contributed by atoms with Gasteiger partial charge in [-0.3, -0.25) is 0 Å². The van der Waals surface area contributed by atoms with Crippen molar-refractivity contribution < 1.29 is 0 Å². The molecule has 1 aliphatic carbocycles. The van der Waals surface area contributed by atoms with Gasteiger partial charge in [-0.25, -0.2) is 0 Å². The van der Waals surface area contributed by atoms with Crippen LogP contribution in [-0.2, 0) is 0 Å².